The van der Waals surface area contributed by atoms with Gasteiger partial charge in [-0.1, -0.05) is 0 Å². The first-order valence-electron chi connectivity index (χ1n) is 5.58. The molecule has 0 bridgehead atoms. The number of carbonyl (C=O) groups is 1. The van der Waals surface area contributed by atoms with E-state index in [2.05, 4.69) is 5.32 Å². The molecule has 4 heteroatoms. The number of carbonyl (C=O) groups excluding carboxylic acids is 1. The molecule has 0 radical (unpaired) electrons. The Labute approximate surface area is 91.2 Å². The Kier molecular flexibility index (Phi) is 3.73. The Morgan fingerprint density at radius 3 is 2.47 bits per heavy atom. The number of aliphatic hydroxyl groups is 1. The molecule has 1 fully saturated rings. The van der Waals surface area contributed by atoms with Gasteiger partial charge in [-0.2, -0.15) is 0 Å². The molecule has 4 nitrogen and oxygen atoms in total. The van der Waals surface area contributed by atoms with Gasteiger partial charge in [0, 0.05) is 12.0 Å². The molecule has 1 aliphatic carbocycles. The largest absolute Gasteiger partial charge is 0.394 e. The highest BCUT2D eigenvalue weighted by Gasteiger charge is 2.37. The molecule has 0 atom stereocenters. The second kappa shape index (κ2) is 4.49. The van der Waals surface area contributed by atoms with Gasteiger partial charge in [0.1, 0.15) is 0 Å². The van der Waals surface area contributed by atoms with Crippen LogP contribution in [0.4, 0.5) is 0 Å². The Bertz CT molecular complexity index is 224. The highest BCUT2D eigenvalue weighted by Crippen LogP contribution is 2.31. The van der Waals surface area contributed by atoms with Gasteiger partial charge < -0.3 is 16.2 Å². The maximum atomic E-state index is 11.6. The predicted octanol–water partition coefficient (Wildman–Crippen LogP) is 0.535. The van der Waals surface area contributed by atoms with Crippen molar-refractivity contribution in [2.75, 3.05) is 6.61 Å². The fourth-order valence-electron chi connectivity index (χ4n) is 1.72. The molecule has 0 saturated heterocycles. The lowest BCUT2D eigenvalue weighted by Crippen LogP contribution is -2.56. The molecule has 0 spiro atoms. The zero-order valence-corrected chi connectivity index (χ0v) is 9.68. The number of hydrogen-bond acceptors (Lipinski definition) is 3. The minimum absolute atomic E-state index is 0.00211. The minimum atomic E-state index is -0.324. The molecule has 0 aromatic carbocycles. The van der Waals surface area contributed by atoms with Crippen molar-refractivity contribution >= 4 is 5.91 Å². The van der Waals surface area contributed by atoms with Crippen LogP contribution in [0.25, 0.3) is 0 Å². The van der Waals surface area contributed by atoms with E-state index >= 15 is 0 Å². The molecule has 15 heavy (non-hydrogen) atoms. The van der Waals surface area contributed by atoms with E-state index in [1.165, 1.54) is 0 Å². The summed E-state index contributed by atoms with van der Waals surface area (Å²) in [6.45, 7) is 3.86. The highest BCUT2D eigenvalue weighted by molar-refractivity contribution is 5.77. The van der Waals surface area contributed by atoms with Crippen molar-refractivity contribution in [1.29, 1.82) is 0 Å². The molecule has 0 aromatic rings. The number of hydrogen-bond donors (Lipinski definition) is 3. The van der Waals surface area contributed by atoms with Gasteiger partial charge in [0.25, 0.3) is 0 Å². The highest BCUT2D eigenvalue weighted by atomic mass is 16.3. The van der Waals surface area contributed by atoms with E-state index in [0.29, 0.717) is 12.8 Å². The summed E-state index contributed by atoms with van der Waals surface area (Å²) in [5, 5.41) is 12.1. The second-order valence-electron chi connectivity index (χ2n) is 5.33. The van der Waals surface area contributed by atoms with Crippen molar-refractivity contribution in [3.05, 3.63) is 0 Å². The van der Waals surface area contributed by atoms with Crippen LogP contribution in [-0.2, 0) is 4.79 Å². The average molecular weight is 214 g/mol. The molecule has 1 aliphatic rings. The lowest BCUT2D eigenvalue weighted by molar-refractivity contribution is -0.125. The van der Waals surface area contributed by atoms with Crippen LogP contribution in [0.15, 0.2) is 0 Å². The Morgan fingerprint density at radius 1 is 1.53 bits per heavy atom. The monoisotopic (exact) mass is 214 g/mol. The van der Waals surface area contributed by atoms with E-state index in [9.17, 15) is 9.90 Å². The number of rotatable bonds is 5. The molecule has 88 valence electrons. The number of aliphatic hydroxyl groups excluding tert-OH is 1. The zero-order chi connectivity index (χ0) is 11.5. The summed E-state index contributed by atoms with van der Waals surface area (Å²) in [6, 6.07) is 0. The van der Waals surface area contributed by atoms with Crippen LogP contribution in [-0.4, -0.2) is 28.7 Å². The number of nitrogens with two attached hydrogens (primary N) is 1. The van der Waals surface area contributed by atoms with Crippen LogP contribution in [0.5, 0.6) is 0 Å². The van der Waals surface area contributed by atoms with Gasteiger partial charge in [0.15, 0.2) is 0 Å². The molecule has 1 saturated carbocycles. The maximum absolute atomic E-state index is 11.6. The summed E-state index contributed by atoms with van der Waals surface area (Å²) in [5.41, 5.74) is 5.17. The van der Waals surface area contributed by atoms with Crippen LogP contribution in [0.3, 0.4) is 0 Å². The molecule has 0 aromatic heterocycles. The SMILES string of the molecule is CC(C)(N)CCC(=O)NC1(CO)CCC1. The number of nitrogens with one attached hydrogen (secondary N) is 1. The lowest BCUT2D eigenvalue weighted by Gasteiger charge is -2.41. The van der Waals surface area contributed by atoms with E-state index in [4.69, 9.17) is 5.73 Å². The third-order valence-corrected chi connectivity index (χ3v) is 3.01. The molecule has 0 aliphatic heterocycles. The first-order chi connectivity index (χ1) is 6.87. The third-order valence-electron chi connectivity index (χ3n) is 3.01. The predicted molar refractivity (Wildman–Crippen MR) is 59.3 cm³/mol. The van der Waals surface area contributed by atoms with Crippen molar-refractivity contribution in [3.8, 4) is 0 Å². The Balaban J connectivity index is 2.29. The van der Waals surface area contributed by atoms with Gasteiger partial charge in [0.2, 0.25) is 5.91 Å². The molecule has 1 amide bonds. The van der Waals surface area contributed by atoms with Crippen molar-refractivity contribution in [3.63, 3.8) is 0 Å². The summed E-state index contributed by atoms with van der Waals surface area (Å²) in [7, 11) is 0. The van der Waals surface area contributed by atoms with Gasteiger partial charge >= 0.3 is 0 Å². The fourth-order valence-corrected chi connectivity index (χ4v) is 1.72. The van der Waals surface area contributed by atoms with Crippen LogP contribution in [0, 0.1) is 0 Å². The summed E-state index contributed by atoms with van der Waals surface area (Å²) in [6.07, 6.45) is 3.97. The summed E-state index contributed by atoms with van der Waals surface area (Å²) in [5.74, 6) is 0.00211. The first kappa shape index (κ1) is 12.5. The smallest absolute Gasteiger partial charge is 0.220 e. The van der Waals surface area contributed by atoms with Crippen molar-refractivity contribution in [1.82, 2.24) is 5.32 Å². The van der Waals surface area contributed by atoms with Crippen molar-refractivity contribution in [2.24, 2.45) is 5.73 Å². The van der Waals surface area contributed by atoms with Gasteiger partial charge in [-0.25, -0.2) is 0 Å². The minimum Gasteiger partial charge on any atom is -0.394 e. The normalized spacial score (nSPS) is 19.5. The Hall–Kier alpha value is -0.610. The summed E-state index contributed by atoms with van der Waals surface area (Å²) >= 11 is 0. The molecular weight excluding hydrogens is 192 g/mol. The van der Waals surface area contributed by atoms with Gasteiger partial charge in [0.05, 0.1) is 12.1 Å². The van der Waals surface area contributed by atoms with Crippen LogP contribution >= 0.6 is 0 Å². The molecule has 0 unspecified atom stereocenters. The lowest BCUT2D eigenvalue weighted by atomic mass is 9.77. The Morgan fingerprint density at radius 2 is 2.13 bits per heavy atom. The fraction of sp³-hybridized carbons (Fsp3) is 0.909. The van der Waals surface area contributed by atoms with Crippen molar-refractivity contribution in [2.45, 2.75) is 57.0 Å². The molecule has 1 rings (SSSR count). The first-order valence-corrected chi connectivity index (χ1v) is 5.58. The maximum Gasteiger partial charge on any atom is 0.220 e. The van der Waals surface area contributed by atoms with Crippen LogP contribution in [0.2, 0.25) is 0 Å². The third kappa shape index (κ3) is 3.80. The van der Waals surface area contributed by atoms with E-state index < -0.39 is 0 Å². The molecular formula is C11H22N2O2. The van der Waals surface area contributed by atoms with E-state index in [1.807, 2.05) is 13.8 Å². The average Bonchev–Trinajstić information content (AvgIpc) is 2.07. The molecule has 0 heterocycles. The zero-order valence-electron chi connectivity index (χ0n) is 9.68. The standard InChI is InChI=1S/C11H22N2O2/c1-10(2,12)7-4-9(15)13-11(8-14)5-3-6-11/h14H,3-8,12H2,1-2H3,(H,13,15). The van der Waals surface area contributed by atoms with E-state index in [0.717, 1.165) is 19.3 Å². The second-order valence-corrected chi connectivity index (χ2v) is 5.33. The number of amides is 1. The van der Waals surface area contributed by atoms with Crippen LogP contribution in [0.1, 0.15) is 46.0 Å². The molecule has 4 N–H and O–H groups in total. The van der Waals surface area contributed by atoms with Gasteiger partial charge in [-0.15, -0.1) is 0 Å². The van der Waals surface area contributed by atoms with Crippen LogP contribution < -0.4 is 11.1 Å². The topological polar surface area (TPSA) is 75.4 Å². The quantitative estimate of drug-likeness (QED) is 0.625. The van der Waals surface area contributed by atoms with Crippen molar-refractivity contribution < 1.29 is 9.90 Å². The summed E-state index contributed by atoms with van der Waals surface area (Å²) in [4.78, 5) is 11.6. The van der Waals surface area contributed by atoms with E-state index in [1.54, 1.807) is 0 Å². The summed E-state index contributed by atoms with van der Waals surface area (Å²) < 4.78 is 0. The van der Waals surface area contributed by atoms with E-state index in [-0.39, 0.29) is 23.6 Å². The van der Waals surface area contributed by atoms with Gasteiger partial charge in [-0.05, 0) is 39.5 Å². The van der Waals surface area contributed by atoms with Gasteiger partial charge in [-0.3, -0.25) is 4.79 Å².